The first-order valence-electron chi connectivity index (χ1n) is 5.70. The summed E-state index contributed by atoms with van der Waals surface area (Å²) in [6.45, 7) is 0.295. The first kappa shape index (κ1) is 12.1. The second-order valence-electron chi connectivity index (χ2n) is 4.07. The highest BCUT2D eigenvalue weighted by Gasteiger charge is 2.18. The lowest BCUT2D eigenvalue weighted by molar-refractivity contribution is -0.0129. The lowest BCUT2D eigenvalue weighted by Crippen LogP contribution is -2.28. The van der Waals surface area contributed by atoms with Crippen molar-refractivity contribution < 1.29 is 18.9 Å². The fourth-order valence-corrected chi connectivity index (χ4v) is 1.83. The predicted octanol–water partition coefficient (Wildman–Crippen LogP) is 1.42. The van der Waals surface area contributed by atoms with Crippen LogP contribution in [0.1, 0.15) is 41.9 Å². The molecule has 0 aliphatic heterocycles. The summed E-state index contributed by atoms with van der Waals surface area (Å²) in [4.78, 5) is 16.9. The Kier molecular flexibility index (Phi) is 4.11. The number of carbonyl (C=O) groups excluding carboxylic acids is 1. The van der Waals surface area contributed by atoms with Crippen LogP contribution in [0.25, 0.3) is 0 Å². The second-order valence-corrected chi connectivity index (χ2v) is 4.07. The van der Waals surface area contributed by atoms with Crippen molar-refractivity contribution in [3.8, 4) is 0 Å². The van der Waals surface area contributed by atoms with E-state index < -0.39 is 0 Å². The minimum absolute atomic E-state index is 0.129. The van der Waals surface area contributed by atoms with Crippen LogP contribution in [-0.4, -0.2) is 24.3 Å². The molecule has 0 radical (unpaired) electrons. The molecule has 1 aromatic rings. The zero-order chi connectivity index (χ0) is 12.1. The number of hydrogen-bond acceptors (Lipinski definition) is 5. The molecule has 94 valence electrons. The molecule has 1 amide bonds. The molecule has 0 bridgehead atoms. The molecule has 1 fully saturated rings. The Labute approximate surface area is 99.2 Å². The Morgan fingerprint density at radius 2 is 2.35 bits per heavy atom. The number of hydrogen-bond donors (Lipinski definition) is 1. The standard InChI is InChI=1S/C11H16N2O4/c1-15-7-9-6-10(12-17-9)11(14)13-16-8-4-2-3-5-8/h6,8H,2-5,7H2,1H3,(H,13,14). The molecule has 0 atom stereocenters. The van der Waals surface area contributed by atoms with Crippen LogP contribution in [0.3, 0.4) is 0 Å². The molecule has 1 aliphatic carbocycles. The summed E-state index contributed by atoms with van der Waals surface area (Å²) >= 11 is 0. The van der Waals surface area contributed by atoms with Gasteiger partial charge in [0, 0.05) is 13.2 Å². The number of amides is 1. The predicted molar refractivity (Wildman–Crippen MR) is 58.0 cm³/mol. The maximum absolute atomic E-state index is 11.6. The largest absolute Gasteiger partial charge is 0.377 e. The zero-order valence-electron chi connectivity index (χ0n) is 9.77. The molecule has 0 saturated heterocycles. The molecule has 1 aromatic heterocycles. The lowest BCUT2D eigenvalue weighted by atomic mass is 10.3. The maximum atomic E-state index is 11.6. The van der Waals surface area contributed by atoms with Gasteiger partial charge >= 0.3 is 0 Å². The minimum Gasteiger partial charge on any atom is -0.377 e. The first-order valence-corrected chi connectivity index (χ1v) is 5.70. The van der Waals surface area contributed by atoms with Crippen molar-refractivity contribution in [2.75, 3.05) is 7.11 Å². The number of methoxy groups -OCH3 is 1. The summed E-state index contributed by atoms with van der Waals surface area (Å²) in [6.07, 6.45) is 4.43. The number of ether oxygens (including phenoxy) is 1. The Morgan fingerprint density at radius 3 is 3.06 bits per heavy atom. The maximum Gasteiger partial charge on any atom is 0.297 e. The van der Waals surface area contributed by atoms with Crippen molar-refractivity contribution in [3.05, 3.63) is 17.5 Å². The summed E-state index contributed by atoms with van der Waals surface area (Å²) in [6, 6.07) is 1.54. The summed E-state index contributed by atoms with van der Waals surface area (Å²) in [5.41, 5.74) is 2.60. The van der Waals surface area contributed by atoms with Crippen molar-refractivity contribution >= 4 is 5.91 Å². The Balaban J connectivity index is 1.81. The van der Waals surface area contributed by atoms with E-state index in [1.807, 2.05) is 0 Å². The second kappa shape index (κ2) is 5.79. The molecule has 17 heavy (non-hydrogen) atoms. The zero-order valence-corrected chi connectivity index (χ0v) is 9.77. The van der Waals surface area contributed by atoms with Crippen molar-refractivity contribution in [1.82, 2.24) is 10.6 Å². The third-order valence-electron chi connectivity index (χ3n) is 2.70. The lowest BCUT2D eigenvalue weighted by Gasteiger charge is -2.09. The first-order chi connectivity index (χ1) is 8.29. The van der Waals surface area contributed by atoms with Gasteiger partial charge in [0.05, 0.1) is 6.10 Å². The fourth-order valence-electron chi connectivity index (χ4n) is 1.83. The van der Waals surface area contributed by atoms with Gasteiger partial charge in [-0.2, -0.15) is 0 Å². The monoisotopic (exact) mass is 240 g/mol. The van der Waals surface area contributed by atoms with Crippen LogP contribution in [0.15, 0.2) is 10.6 Å². The third-order valence-corrected chi connectivity index (χ3v) is 2.70. The summed E-state index contributed by atoms with van der Waals surface area (Å²) in [5, 5.41) is 3.63. The van der Waals surface area contributed by atoms with E-state index in [2.05, 4.69) is 10.6 Å². The van der Waals surface area contributed by atoms with Crippen molar-refractivity contribution in [1.29, 1.82) is 0 Å². The van der Waals surface area contributed by atoms with E-state index in [9.17, 15) is 4.79 Å². The molecule has 2 rings (SSSR count). The van der Waals surface area contributed by atoms with E-state index in [1.54, 1.807) is 7.11 Å². The molecule has 1 saturated carbocycles. The molecular formula is C11H16N2O4. The van der Waals surface area contributed by atoms with Crippen LogP contribution < -0.4 is 5.48 Å². The molecular weight excluding hydrogens is 224 g/mol. The molecule has 1 N–H and O–H groups in total. The van der Waals surface area contributed by atoms with Gasteiger partial charge in [-0.25, -0.2) is 5.48 Å². The normalized spacial score (nSPS) is 16.3. The molecule has 0 unspecified atom stereocenters. The Hall–Kier alpha value is -1.40. The van der Waals surface area contributed by atoms with E-state index in [1.165, 1.54) is 6.07 Å². The molecule has 0 spiro atoms. The number of nitrogens with zero attached hydrogens (tertiary/aromatic N) is 1. The van der Waals surface area contributed by atoms with Gasteiger partial charge in [0.2, 0.25) is 0 Å². The highest BCUT2D eigenvalue weighted by molar-refractivity contribution is 5.91. The van der Waals surface area contributed by atoms with Crippen LogP contribution in [-0.2, 0) is 16.2 Å². The van der Waals surface area contributed by atoms with Crippen LogP contribution >= 0.6 is 0 Å². The van der Waals surface area contributed by atoms with Gasteiger partial charge in [0.1, 0.15) is 6.61 Å². The topological polar surface area (TPSA) is 73.6 Å². The smallest absolute Gasteiger partial charge is 0.297 e. The summed E-state index contributed by atoms with van der Waals surface area (Å²) in [7, 11) is 1.55. The van der Waals surface area contributed by atoms with E-state index in [4.69, 9.17) is 14.1 Å². The van der Waals surface area contributed by atoms with Crippen LogP contribution in [0.2, 0.25) is 0 Å². The van der Waals surface area contributed by atoms with Gasteiger partial charge in [0.25, 0.3) is 5.91 Å². The highest BCUT2D eigenvalue weighted by Crippen LogP contribution is 2.19. The van der Waals surface area contributed by atoms with Gasteiger partial charge in [-0.1, -0.05) is 18.0 Å². The van der Waals surface area contributed by atoms with Crippen LogP contribution in [0, 0.1) is 0 Å². The fraction of sp³-hybridized carbons (Fsp3) is 0.636. The molecule has 1 heterocycles. The SMILES string of the molecule is COCc1cc(C(=O)NOC2CCCC2)no1. The minimum atomic E-state index is -0.386. The van der Waals surface area contributed by atoms with Crippen LogP contribution in [0.5, 0.6) is 0 Å². The van der Waals surface area contributed by atoms with Gasteiger partial charge in [-0.05, 0) is 12.8 Å². The van der Waals surface area contributed by atoms with Gasteiger partial charge < -0.3 is 9.26 Å². The van der Waals surface area contributed by atoms with Crippen molar-refractivity contribution in [2.45, 2.75) is 38.4 Å². The number of carbonyl (C=O) groups is 1. The van der Waals surface area contributed by atoms with Gasteiger partial charge in [-0.15, -0.1) is 0 Å². The average molecular weight is 240 g/mol. The van der Waals surface area contributed by atoms with E-state index in [-0.39, 0.29) is 17.7 Å². The quantitative estimate of drug-likeness (QED) is 0.788. The highest BCUT2D eigenvalue weighted by atomic mass is 16.7. The van der Waals surface area contributed by atoms with Crippen molar-refractivity contribution in [2.24, 2.45) is 0 Å². The third kappa shape index (κ3) is 3.28. The number of rotatable bonds is 5. The van der Waals surface area contributed by atoms with Gasteiger partial charge in [-0.3, -0.25) is 9.63 Å². The van der Waals surface area contributed by atoms with E-state index in [0.29, 0.717) is 12.4 Å². The Morgan fingerprint density at radius 1 is 1.59 bits per heavy atom. The summed E-state index contributed by atoms with van der Waals surface area (Å²) < 4.78 is 9.77. The Bertz CT molecular complexity index is 371. The summed E-state index contributed by atoms with van der Waals surface area (Å²) in [5.74, 6) is 0.126. The van der Waals surface area contributed by atoms with Gasteiger partial charge in [0.15, 0.2) is 11.5 Å². The molecule has 6 nitrogen and oxygen atoms in total. The number of nitrogens with one attached hydrogen (secondary N) is 1. The van der Waals surface area contributed by atoms with E-state index >= 15 is 0 Å². The molecule has 0 aromatic carbocycles. The van der Waals surface area contributed by atoms with E-state index in [0.717, 1.165) is 25.7 Å². The average Bonchev–Trinajstić information content (AvgIpc) is 2.97. The van der Waals surface area contributed by atoms with Crippen molar-refractivity contribution in [3.63, 3.8) is 0 Å². The van der Waals surface area contributed by atoms with Crippen LogP contribution in [0.4, 0.5) is 0 Å². The number of aromatic nitrogens is 1. The number of hydroxylamine groups is 1. The molecule has 6 heteroatoms. The molecule has 1 aliphatic rings.